The molecule has 3 nitrogen and oxygen atoms in total. The summed E-state index contributed by atoms with van der Waals surface area (Å²) in [5, 5.41) is 3.11. The van der Waals surface area contributed by atoms with Crippen LogP contribution in [0.25, 0.3) is 0 Å². The minimum atomic E-state index is -0.0186. The van der Waals surface area contributed by atoms with Gasteiger partial charge in [-0.1, -0.05) is 13.3 Å². The zero-order chi connectivity index (χ0) is 13.0. The average Bonchev–Trinajstić information content (AvgIpc) is 2.40. The molecule has 4 heteroatoms. The predicted octanol–water partition coefficient (Wildman–Crippen LogP) is 3.54. The Bertz CT molecular complexity index is 414. The van der Waals surface area contributed by atoms with Crippen molar-refractivity contribution in [3.05, 3.63) is 28.5 Å². The van der Waals surface area contributed by atoms with Crippen LogP contribution >= 0.6 is 15.9 Å². The maximum Gasteiger partial charge on any atom is 0.254 e. The number of halogens is 1. The third-order valence-corrected chi connectivity index (χ3v) is 4.39. The lowest BCUT2D eigenvalue weighted by atomic mass is 9.84. The Morgan fingerprint density at radius 3 is 2.78 bits per heavy atom. The highest BCUT2D eigenvalue weighted by molar-refractivity contribution is 9.10. The fourth-order valence-electron chi connectivity index (χ4n) is 2.53. The molecule has 2 rings (SSSR count). The van der Waals surface area contributed by atoms with E-state index < -0.39 is 0 Å². The SMILES string of the molecule is CCC1CCC(NC(=O)c2cccnc2Br)CC1. The van der Waals surface area contributed by atoms with Gasteiger partial charge in [-0.2, -0.15) is 0 Å². The lowest BCUT2D eigenvalue weighted by Crippen LogP contribution is -2.37. The molecule has 18 heavy (non-hydrogen) atoms. The number of carbonyl (C=O) groups excluding carboxylic acids is 1. The van der Waals surface area contributed by atoms with Crippen LogP contribution in [-0.4, -0.2) is 16.9 Å². The Kier molecular flexibility index (Phi) is 4.75. The second-order valence-electron chi connectivity index (χ2n) is 4.94. The van der Waals surface area contributed by atoms with Gasteiger partial charge in [0.15, 0.2) is 0 Å². The first kappa shape index (κ1) is 13.5. The van der Waals surface area contributed by atoms with Crippen molar-refractivity contribution in [3.8, 4) is 0 Å². The molecule has 1 aliphatic rings. The summed E-state index contributed by atoms with van der Waals surface area (Å²) in [4.78, 5) is 16.2. The van der Waals surface area contributed by atoms with Crippen LogP contribution in [-0.2, 0) is 0 Å². The van der Waals surface area contributed by atoms with E-state index in [1.807, 2.05) is 0 Å². The number of carbonyl (C=O) groups is 1. The van der Waals surface area contributed by atoms with Crippen molar-refractivity contribution in [3.63, 3.8) is 0 Å². The fraction of sp³-hybridized carbons (Fsp3) is 0.571. The van der Waals surface area contributed by atoms with Crippen molar-refractivity contribution in [1.82, 2.24) is 10.3 Å². The highest BCUT2D eigenvalue weighted by Gasteiger charge is 2.22. The number of nitrogens with zero attached hydrogens (tertiary/aromatic N) is 1. The Labute approximate surface area is 117 Å². The van der Waals surface area contributed by atoms with E-state index >= 15 is 0 Å². The molecule has 0 atom stereocenters. The first-order valence-corrected chi connectivity index (χ1v) is 7.41. The predicted molar refractivity (Wildman–Crippen MR) is 75.4 cm³/mol. The summed E-state index contributed by atoms with van der Waals surface area (Å²) in [7, 11) is 0. The van der Waals surface area contributed by atoms with Crippen LogP contribution < -0.4 is 5.32 Å². The van der Waals surface area contributed by atoms with Gasteiger partial charge in [-0.3, -0.25) is 4.79 Å². The number of hydrogen-bond donors (Lipinski definition) is 1. The molecule has 0 aliphatic heterocycles. The molecule has 0 saturated heterocycles. The molecule has 0 unspecified atom stereocenters. The third kappa shape index (κ3) is 3.31. The monoisotopic (exact) mass is 310 g/mol. The molecule has 0 aromatic carbocycles. The summed E-state index contributed by atoms with van der Waals surface area (Å²) in [5.41, 5.74) is 0.620. The van der Waals surface area contributed by atoms with Crippen molar-refractivity contribution in [2.24, 2.45) is 5.92 Å². The normalized spacial score (nSPS) is 23.7. The molecule has 1 aromatic rings. The van der Waals surface area contributed by atoms with Gasteiger partial charge in [0.05, 0.1) is 5.56 Å². The molecular formula is C14H19BrN2O. The van der Waals surface area contributed by atoms with Crippen molar-refractivity contribution in [1.29, 1.82) is 0 Å². The zero-order valence-corrected chi connectivity index (χ0v) is 12.2. The lowest BCUT2D eigenvalue weighted by Gasteiger charge is -2.28. The van der Waals surface area contributed by atoms with E-state index in [1.165, 1.54) is 19.3 Å². The van der Waals surface area contributed by atoms with Crippen molar-refractivity contribution in [2.75, 3.05) is 0 Å². The Morgan fingerprint density at radius 2 is 2.17 bits per heavy atom. The number of aromatic nitrogens is 1. The summed E-state index contributed by atoms with van der Waals surface area (Å²) >= 11 is 3.31. The standard InChI is InChI=1S/C14H19BrN2O/c1-2-10-5-7-11(8-6-10)17-14(18)12-4-3-9-16-13(12)15/h3-4,9-11H,2,5-8H2,1H3,(H,17,18). The number of nitrogens with one attached hydrogen (secondary N) is 1. The first-order valence-electron chi connectivity index (χ1n) is 6.62. The van der Waals surface area contributed by atoms with Crippen LogP contribution in [0.4, 0.5) is 0 Å². The molecule has 1 aromatic heterocycles. The summed E-state index contributed by atoms with van der Waals surface area (Å²) in [6.07, 6.45) is 7.59. The highest BCUT2D eigenvalue weighted by atomic mass is 79.9. The van der Waals surface area contributed by atoms with Crippen LogP contribution in [0.15, 0.2) is 22.9 Å². The largest absolute Gasteiger partial charge is 0.349 e. The lowest BCUT2D eigenvalue weighted by molar-refractivity contribution is 0.0920. The van der Waals surface area contributed by atoms with E-state index in [1.54, 1.807) is 18.3 Å². The van der Waals surface area contributed by atoms with Crippen LogP contribution in [0.2, 0.25) is 0 Å². The summed E-state index contributed by atoms with van der Waals surface area (Å²) in [5.74, 6) is 0.832. The van der Waals surface area contributed by atoms with E-state index in [0.29, 0.717) is 16.2 Å². The van der Waals surface area contributed by atoms with Crippen LogP contribution in [0.5, 0.6) is 0 Å². The molecule has 1 amide bonds. The molecule has 1 heterocycles. The third-order valence-electron chi connectivity index (χ3n) is 3.76. The van der Waals surface area contributed by atoms with E-state index in [-0.39, 0.29) is 5.91 Å². The molecule has 1 fully saturated rings. The van der Waals surface area contributed by atoms with Gasteiger partial charge in [-0.05, 0) is 59.7 Å². The Morgan fingerprint density at radius 1 is 1.44 bits per heavy atom. The van der Waals surface area contributed by atoms with Gasteiger partial charge in [0, 0.05) is 12.2 Å². The number of amides is 1. The smallest absolute Gasteiger partial charge is 0.254 e. The van der Waals surface area contributed by atoms with Gasteiger partial charge in [0.25, 0.3) is 5.91 Å². The van der Waals surface area contributed by atoms with E-state index in [4.69, 9.17) is 0 Å². The molecule has 1 aliphatic carbocycles. The van der Waals surface area contributed by atoms with E-state index in [2.05, 4.69) is 33.2 Å². The minimum absolute atomic E-state index is 0.0186. The van der Waals surface area contributed by atoms with Crippen molar-refractivity contribution < 1.29 is 4.79 Å². The molecule has 0 spiro atoms. The quantitative estimate of drug-likeness (QED) is 0.868. The summed E-state index contributed by atoms with van der Waals surface area (Å²) in [6.45, 7) is 2.25. The Hall–Kier alpha value is -0.900. The zero-order valence-electron chi connectivity index (χ0n) is 10.7. The molecular weight excluding hydrogens is 292 g/mol. The van der Waals surface area contributed by atoms with Gasteiger partial charge < -0.3 is 5.32 Å². The minimum Gasteiger partial charge on any atom is -0.349 e. The number of rotatable bonds is 3. The number of hydrogen-bond acceptors (Lipinski definition) is 2. The average molecular weight is 311 g/mol. The maximum absolute atomic E-state index is 12.1. The summed E-state index contributed by atoms with van der Waals surface area (Å²) in [6, 6.07) is 3.91. The van der Waals surface area contributed by atoms with Gasteiger partial charge in [0.2, 0.25) is 0 Å². The van der Waals surface area contributed by atoms with E-state index in [0.717, 1.165) is 18.8 Å². The second kappa shape index (κ2) is 6.32. The molecule has 98 valence electrons. The Balaban J connectivity index is 1.91. The second-order valence-corrected chi connectivity index (χ2v) is 5.69. The van der Waals surface area contributed by atoms with Crippen molar-refractivity contribution in [2.45, 2.75) is 45.1 Å². The molecule has 0 bridgehead atoms. The topological polar surface area (TPSA) is 42.0 Å². The van der Waals surface area contributed by atoms with E-state index in [9.17, 15) is 4.79 Å². The van der Waals surface area contributed by atoms with Gasteiger partial charge in [0.1, 0.15) is 4.60 Å². The van der Waals surface area contributed by atoms with Crippen LogP contribution in [0.3, 0.4) is 0 Å². The van der Waals surface area contributed by atoms with Gasteiger partial charge >= 0.3 is 0 Å². The van der Waals surface area contributed by atoms with Gasteiger partial charge in [-0.15, -0.1) is 0 Å². The fourth-order valence-corrected chi connectivity index (χ4v) is 2.96. The van der Waals surface area contributed by atoms with Crippen molar-refractivity contribution >= 4 is 21.8 Å². The molecule has 0 radical (unpaired) electrons. The number of pyridine rings is 1. The molecule has 1 saturated carbocycles. The highest BCUT2D eigenvalue weighted by Crippen LogP contribution is 2.26. The molecule has 1 N–H and O–H groups in total. The van der Waals surface area contributed by atoms with Crippen LogP contribution in [0.1, 0.15) is 49.4 Å². The first-order chi connectivity index (χ1) is 8.70. The van der Waals surface area contributed by atoms with Crippen LogP contribution in [0, 0.1) is 5.92 Å². The maximum atomic E-state index is 12.1. The van der Waals surface area contributed by atoms with Gasteiger partial charge in [-0.25, -0.2) is 4.98 Å². The summed E-state index contributed by atoms with van der Waals surface area (Å²) < 4.78 is 0.616.